The summed E-state index contributed by atoms with van der Waals surface area (Å²) in [5.74, 6) is 0. The zero-order chi connectivity index (χ0) is 15.4. The second kappa shape index (κ2) is 6.30. The summed E-state index contributed by atoms with van der Waals surface area (Å²) in [5, 5.41) is 0. The lowest BCUT2D eigenvalue weighted by Gasteiger charge is -2.35. The van der Waals surface area contributed by atoms with Crippen molar-refractivity contribution in [1.29, 1.82) is 0 Å². The molecule has 0 radical (unpaired) electrons. The van der Waals surface area contributed by atoms with E-state index in [2.05, 4.69) is 79.7 Å². The van der Waals surface area contributed by atoms with E-state index < -0.39 is 5.60 Å². The van der Waals surface area contributed by atoms with Gasteiger partial charge in [0.2, 0.25) is 0 Å². The minimum Gasteiger partial charge on any atom is -0.411 e. The van der Waals surface area contributed by atoms with Crippen LogP contribution in [-0.2, 0) is 10.0 Å². The Labute approximate surface area is 135 Å². The first kappa shape index (κ1) is 14.8. The molecule has 3 aromatic rings. The van der Waals surface area contributed by atoms with E-state index in [-0.39, 0.29) is 0 Å². The number of benzene rings is 3. The van der Waals surface area contributed by atoms with Crippen molar-refractivity contribution in [2.45, 2.75) is 12.5 Å². The van der Waals surface area contributed by atoms with Crippen molar-refractivity contribution in [3.05, 3.63) is 107 Å². The molecule has 0 spiro atoms. The van der Waals surface area contributed by atoms with Gasteiger partial charge in [0.05, 0.1) is 0 Å². The van der Waals surface area contributed by atoms with E-state index in [9.17, 15) is 0 Å². The van der Waals surface area contributed by atoms with Crippen LogP contribution in [0, 0.1) is 6.92 Å². The Kier molecular flexibility index (Phi) is 4.23. The van der Waals surface area contributed by atoms with E-state index in [1.165, 1.54) is 22.3 Å². The Morgan fingerprint density at radius 2 is 1.05 bits per heavy atom. The number of hydrogen-bond donors (Lipinski definition) is 0. The fourth-order valence-corrected chi connectivity index (χ4v) is 3.69. The molecular weight excluding hydrogens is 284 g/mol. The second-order valence-corrected chi connectivity index (χ2v) is 5.89. The largest absolute Gasteiger partial charge is 0.411 e. The number of rotatable bonds is 4. The number of aryl methyl sites for hydroxylation is 1. The molecule has 22 heavy (non-hydrogen) atoms. The monoisotopic (exact) mass is 304 g/mol. The van der Waals surface area contributed by atoms with Crippen LogP contribution in [0.4, 0.5) is 0 Å². The summed E-state index contributed by atoms with van der Waals surface area (Å²) >= 11 is 0. The van der Waals surface area contributed by atoms with Crippen LogP contribution in [0.25, 0.3) is 0 Å². The van der Waals surface area contributed by atoms with Crippen LogP contribution in [0.2, 0.25) is 0 Å². The summed E-state index contributed by atoms with van der Waals surface area (Å²) in [6, 6.07) is 29.6. The average Bonchev–Trinajstić information content (AvgIpc) is 2.59. The lowest BCUT2D eigenvalue weighted by molar-refractivity contribution is 0.173. The molecule has 0 aromatic heterocycles. The van der Waals surface area contributed by atoms with E-state index in [1.807, 2.05) is 12.1 Å². The fraction of sp³-hybridized carbons (Fsp3) is 0.100. The Morgan fingerprint density at radius 3 is 1.45 bits per heavy atom. The molecule has 0 fully saturated rings. The lowest BCUT2D eigenvalue weighted by atomic mass is 9.80. The molecule has 0 saturated heterocycles. The Bertz CT molecular complexity index is 681. The maximum Gasteiger partial charge on any atom is 0.148 e. The molecule has 1 nitrogen and oxygen atoms in total. The van der Waals surface area contributed by atoms with Crippen molar-refractivity contribution < 1.29 is 4.43 Å². The smallest absolute Gasteiger partial charge is 0.148 e. The van der Waals surface area contributed by atoms with Crippen LogP contribution in [0.3, 0.4) is 0 Å². The van der Waals surface area contributed by atoms with Crippen LogP contribution < -0.4 is 0 Å². The fourth-order valence-electron chi connectivity index (χ4n) is 2.99. The van der Waals surface area contributed by atoms with Gasteiger partial charge in [-0.25, -0.2) is 0 Å². The second-order valence-electron chi connectivity index (χ2n) is 5.48. The summed E-state index contributed by atoms with van der Waals surface area (Å²) in [5.41, 5.74) is 4.24. The topological polar surface area (TPSA) is 9.23 Å². The van der Waals surface area contributed by atoms with Gasteiger partial charge in [-0.1, -0.05) is 90.5 Å². The van der Waals surface area contributed by atoms with Crippen LogP contribution in [0.1, 0.15) is 22.3 Å². The summed E-state index contributed by atoms with van der Waals surface area (Å²) in [6.45, 7) is 2.11. The predicted molar refractivity (Wildman–Crippen MR) is 95.0 cm³/mol. The van der Waals surface area contributed by atoms with Gasteiger partial charge in [0.1, 0.15) is 16.1 Å². The average molecular weight is 304 g/mol. The molecule has 0 atom stereocenters. The van der Waals surface area contributed by atoms with E-state index in [0.29, 0.717) is 10.5 Å². The van der Waals surface area contributed by atoms with Gasteiger partial charge in [-0.15, -0.1) is 0 Å². The quantitative estimate of drug-likeness (QED) is 0.529. The van der Waals surface area contributed by atoms with Gasteiger partial charge >= 0.3 is 0 Å². The Morgan fingerprint density at radius 1 is 0.636 bits per heavy atom. The first-order valence-corrected chi connectivity index (χ1v) is 8.32. The molecule has 0 heterocycles. The summed E-state index contributed by atoms with van der Waals surface area (Å²) in [6.07, 6.45) is 0. The van der Waals surface area contributed by atoms with Crippen molar-refractivity contribution in [1.82, 2.24) is 0 Å². The predicted octanol–water partition coefficient (Wildman–Crippen LogP) is 3.58. The molecular formula is C20H20OSi. The molecule has 0 aliphatic heterocycles. The Hall–Kier alpha value is -2.16. The first-order chi connectivity index (χ1) is 10.8. The van der Waals surface area contributed by atoms with Gasteiger partial charge in [-0.2, -0.15) is 0 Å². The van der Waals surface area contributed by atoms with E-state index in [4.69, 9.17) is 4.43 Å². The molecule has 110 valence electrons. The normalized spacial score (nSPS) is 11.5. The van der Waals surface area contributed by atoms with E-state index in [1.54, 1.807) is 0 Å². The van der Waals surface area contributed by atoms with Crippen molar-refractivity contribution in [3.63, 3.8) is 0 Å². The van der Waals surface area contributed by atoms with Gasteiger partial charge in [0.25, 0.3) is 0 Å². The molecule has 3 aromatic carbocycles. The third-order valence-corrected chi connectivity index (χ3v) is 4.74. The van der Waals surface area contributed by atoms with Crippen molar-refractivity contribution in [2.24, 2.45) is 0 Å². The third-order valence-electron chi connectivity index (χ3n) is 4.12. The van der Waals surface area contributed by atoms with E-state index in [0.717, 1.165) is 0 Å². The minimum absolute atomic E-state index is 0.525. The molecule has 0 aliphatic carbocycles. The van der Waals surface area contributed by atoms with Crippen LogP contribution in [0.15, 0.2) is 84.9 Å². The van der Waals surface area contributed by atoms with Gasteiger partial charge < -0.3 is 4.43 Å². The SMILES string of the molecule is Cc1ccc(C(O[SiH3])(c2ccccc2)c2ccccc2)cc1. The molecule has 3 rings (SSSR count). The zero-order valence-corrected chi connectivity index (χ0v) is 15.0. The van der Waals surface area contributed by atoms with Crippen molar-refractivity contribution in [2.75, 3.05) is 0 Å². The summed E-state index contributed by atoms with van der Waals surface area (Å²) in [4.78, 5) is 0. The molecule has 0 bridgehead atoms. The maximum atomic E-state index is 6.27. The third kappa shape index (κ3) is 2.52. The molecule has 2 heteroatoms. The molecule has 0 N–H and O–H groups in total. The first-order valence-electron chi connectivity index (χ1n) is 7.51. The summed E-state index contributed by atoms with van der Waals surface area (Å²) in [7, 11) is 0.649. The highest BCUT2D eigenvalue weighted by Crippen LogP contribution is 2.39. The van der Waals surface area contributed by atoms with Gasteiger partial charge in [0, 0.05) is 0 Å². The molecule has 0 aliphatic rings. The number of hydrogen-bond acceptors (Lipinski definition) is 1. The summed E-state index contributed by atoms with van der Waals surface area (Å²) < 4.78 is 6.27. The van der Waals surface area contributed by atoms with Crippen LogP contribution in [0.5, 0.6) is 0 Å². The van der Waals surface area contributed by atoms with Gasteiger partial charge in [-0.3, -0.25) is 0 Å². The standard InChI is InChI=1S/C20H20OSi/c1-16-12-14-19(15-13-16)20(21-22,17-8-4-2-5-9-17)18-10-6-3-7-11-18/h2-15H,1,22H3. The highest BCUT2D eigenvalue weighted by molar-refractivity contribution is 5.99. The van der Waals surface area contributed by atoms with Gasteiger partial charge in [-0.05, 0) is 23.6 Å². The highest BCUT2D eigenvalue weighted by atomic mass is 28.2. The highest BCUT2D eigenvalue weighted by Gasteiger charge is 2.35. The maximum absolute atomic E-state index is 6.27. The van der Waals surface area contributed by atoms with Crippen LogP contribution >= 0.6 is 0 Å². The van der Waals surface area contributed by atoms with Crippen molar-refractivity contribution in [3.8, 4) is 0 Å². The van der Waals surface area contributed by atoms with E-state index >= 15 is 0 Å². The lowest BCUT2D eigenvalue weighted by Crippen LogP contribution is -2.32. The van der Waals surface area contributed by atoms with Crippen molar-refractivity contribution >= 4 is 10.5 Å². The zero-order valence-electron chi connectivity index (χ0n) is 13.0. The molecule has 0 unspecified atom stereocenters. The minimum atomic E-state index is -0.525. The van der Waals surface area contributed by atoms with Gasteiger partial charge in [0.15, 0.2) is 0 Å². The Balaban J connectivity index is 2.28. The molecule has 0 saturated carbocycles. The molecule has 0 amide bonds. The van der Waals surface area contributed by atoms with Crippen LogP contribution in [-0.4, -0.2) is 10.5 Å².